The van der Waals surface area contributed by atoms with Crippen LogP contribution in [-0.4, -0.2) is 48.5 Å². The Hall–Kier alpha value is -1.21. The van der Waals surface area contributed by atoms with Crippen molar-refractivity contribution in [3.8, 4) is 0 Å². The highest BCUT2D eigenvalue weighted by Gasteiger charge is 2.25. The molecule has 1 aliphatic rings. The van der Waals surface area contributed by atoms with Gasteiger partial charge in [-0.25, -0.2) is 4.98 Å². The molecular weight excluding hydrogens is 320 g/mol. The number of para-hydroxylation sites is 1. The number of fused-ring (bicyclic) bond motifs is 1. The fourth-order valence-corrected chi connectivity index (χ4v) is 3.72. The molecule has 1 saturated heterocycles. The second-order valence-corrected chi connectivity index (χ2v) is 6.39. The third kappa shape index (κ3) is 3.95. The summed E-state index contributed by atoms with van der Waals surface area (Å²) in [5.74, 6) is 0.0251. The van der Waals surface area contributed by atoms with E-state index in [1.54, 1.807) is 0 Å². The third-order valence-electron chi connectivity index (χ3n) is 3.83. The van der Waals surface area contributed by atoms with Crippen molar-refractivity contribution >= 4 is 45.0 Å². The second kappa shape index (κ2) is 7.87. The first-order chi connectivity index (χ1) is 10.3. The summed E-state index contributed by atoms with van der Waals surface area (Å²) >= 11 is 1.52. The Labute approximate surface area is 140 Å². The Morgan fingerprint density at radius 3 is 3.05 bits per heavy atom. The topological polar surface area (TPSA) is 57.3 Å². The van der Waals surface area contributed by atoms with Gasteiger partial charge >= 0.3 is 0 Å². The van der Waals surface area contributed by atoms with Gasteiger partial charge in [-0.2, -0.15) is 0 Å². The predicted octanol–water partition coefficient (Wildman–Crippen LogP) is 2.34. The number of rotatable bonds is 5. The van der Waals surface area contributed by atoms with Gasteiger partial charge in [0, 0.05) is 12.6 Å². The van der Waals surface area contributed by atoms with Crippen LogP contribution < -0.4 is 10.6 Å². The van der Waals surface area contributed by atoms with Gasteiger partial charge in [-0.15, -0.1) is 12.4 Å². The number of hydrogen-bond donors (Lipinski definition) is 2. The van der Waals surface area contributed by atoms with Crippen molar-refractivity contribution in [2.24, 2.45) is 0 Å². The molecule has 120 valence electrons. The maximum absolute atomic E-state index is 12.2. The van der Waals surface area contributed by atoms with Crippen molar-refractivity contribution in [1.82, 2.24) is 15.2 Å². The first-order valence-corrected chi connectivity index (χ1v) is 8.12. The van der Waals surface area contributed by atoms with Gasteiger partial charge in [0.1, 0.15) is 0 Å². The van der Waals surface area contributed by atoms with Crippen molar-refractivity contribution in [3.05, 3.63) is 24.3 Å². The standard InChI is InChI=1S/C15H20N4OS.ClH/c1-16-9-11-5-4-8-19(11)10-14(20)18-15-17-12-6-2-3-7-13(12)21-15;/h2-3,6-7,11,16H,4-5,8-10H2,1H3,(H,17,18,20);1H. The van der Waals surface area contributed by atoms with Gasteiger partial charge in [0.25, 0.3) is 0 Å². The Morgan fingerprint density at radius 1 is 1.45 bits per heavy atom. The molecule has 1 amide bonds. The van der Waals surface area contributed by atoms with Gasteiger partial charge in [-0.05, 0) is 38.6 Å². The molecule has 2 aromatic rings. The zero-order valence-electron chi connectivity index (χ0n) is 12.5. The lowest BCUT2D eigenvalue weighted by Gasteiger charge is -2.23. The smallest absolute Gasteiger partial charge is 0.240 e. The molecule has 0 radical (unpaired) electrons. The number of anilines is 1. The zero-order chi connectivity index (χ0) is 14.7. The second-order valence-electron chi connectivity index (χ2n) is 5.36. The van der Waals surface area contributed by atoms with Crippen LogP contribution in [0.3, 0.4) is 0 Å². The highest BCUT2D eigenvalue weighted by Crippen LogP contribution is 2.25. The zero-order valence-corrected chi connectivity index (χ0v) is 14.2. The van der Waals surface area contributed by atoms with Crippen molar-refractivity contribution < 1.29 is 4.79 Å². The van der Waals surface area contributed by atoms with E-state index in [9.17, 15) is 4.79 Å². The number of halogens is 1. The molecule has 7 heteroatoms. The summed E-state index contributed by atoms with van der Waals surface area (Å²) < 4.78 is 1.10. The van der Waals surface area contributed by atoms with Crippen LogP contribution >= 0.6 is 23.7 Å². The average molecular weight is 341 g/mol. The molecule has 2 N–H and O–H groups in total. The Bertz CT molecular complexity index is 600. The molecule has 22 heavy (non-hydrogen) atoms. The van der Waals surface area contributed by atoms with Crippen LogP contribution in [0.2, 0.25) is 0 Å². The van der Waals surface area contributed by atoms with Crippen LogP contribution in [0.25, 0.3) is 10.2 Å². The quantitative estimate of drug-likeness (QED) is 0.877. The predicted molar refractivity (Wildman–Crippen MR) is 94.0 cm³/mol. The summed E-state index contributed by atoms with van der Waals surface area (Å²) in [5.41, 5.74) is 0.937. The molecule has 1 unspecified atom stereocenters. The number of benzene rings is 1. The van der Waals surface area contributed by atoms with E-state index in [1.807, 2.05) is 31.3 Å². The summed E-state index contributed by atoms with van der Waals surface area (Å²) in [7, 11) is 1.96. The Morgan fingerprint density at radius 2 is 2.27 bits per heavy atom. The Balaban J connectivity index is 0.00000176. The minimum atomic E-state index is 0. The minimum absolute atomic E-state index is 0. The number of carbonyl (C=O) groups excluding carboxylic acids is 1. The number of nitrogens with zero attached hydrogens (tertiary/aromatic N) is 2. The third-order valence-corrected chi connectivity index (χ3v) is 4.78. The summed E-state index contributed by atoms with van der Waals surface area (Å²) in [5, 5.41) is 6.81. The number of amides is 1. The van der Waals surface area contributed by atoms with Crippen LogP contribution in [0.5, 0.6) is 0 Å². The lowest BCUT2D eigenvalue weighted by molar-refractivity contribution is -0.117. The number of likely N-dealkylation sites (N-methyl/N-ethyl adjacent to an activating group) is 1. The van der Waals surface area contributed by atoms with Crippen LogP contribution in [0.4, 0.5) is 5.13 Å². The lowest BCUT2D eigenvalue weighted by Crippen LogP contribution is -2.41. The number of aromatic nitrogens is 1. The maximum Gasteiger partial charge on any atom is 0.240 e. The molecule has 1 aliphatic heterocycles. The minimum Gasteiger partial charge on any atom is -0.318 e. The molecule has 1 fully saturated rings. The van der Waals surface area contributed by atoms with Crippen LogP contribution in [-0.2, 0) is 4.79 Å². The van der Waals surface area contributed by atoms with E-state index in [0.29, 0.717) is 17.7 Å². The normalized spacial score (nSPS) is 18.3. The van der Waals surface area contributed by atoms with Gasteiger partial charge in [0.05, 0.1) is 16.8 Å². The summed E-state index contributed by atoms with van der Waals surface area (Å²) in [6, 6.07) is 8.40. The van der Waals surface area contributed by atoms with Crippen molar-refractivity contribution in [1.29, 1.82) is 0 Å². The lowest BCUT2D eigenvalue weighted by atomic mass is 10.2. The van der Waals surface area contributed by atoms with Gasteiger partial charge in [0.2, 0.25) is 5.91 Å². The SMILES string of the molecule is CNCC1CCCN1CC(=O)Nc1nc2ccccc2s1.Cl. The summed E-state index contributed by atoms with van der Waals surface area (Å²) in [6.07, 6.45) is 2.33. The van der Waals surface area contributed by atoms with Crippen molar-refractivity contribution in [2.75, 3.05) is 32.0 Å². The molecule has 5 nitrogen and oxygen atoms in total. The summed E-state index contributed by atoms with van der Waals surface area (Å²) in [4.78, 5) is 18.9. The molecule has 0 saturated carbocycles. The van der Waals surface area contributed by atoms with E-state index in [0.717, 1.165) is 29.7 Å². The van der Waals surface area contributed by atoms with Gasteiger partial charge < -0.3 is 10.6 Å². The number of thiazole rings is 1. The van der Waals surface area contributed by atoms with Crippen LogP contribution in [0, 0.1) is 0 Å². The number of likely N-dealkylation sites (tertiary alicyclic amines) is 1. The first-order valence-electron chi connectivity index (χ1n) is 7.30. The van der Waals surface area contributed by atoms with E-state index < -0.39 is 0 Å². The molecule has 1 aromatic heterocycles. The molecule has 0 bridgehead atoms. The van der Waals surface area contributed by atoms with E-state index >= 15 is 0 Å². The van der Waals surface area contributed by atoms with Crippen molar-refractivity contribution in [2.45, 2.75) is 18.9 Å². The van der Waals surface area contributed by atoms with E-state index in [-0.39, 0.29) is 18.3 Å². The molecule has 1 aromatic carbocycles. The fraction of sp³-hybridized carbons (Fsp3) is 0.467. The monoisotopic (exact) mass is 340 g/mol. The van der Waals surface area contributed by atoms with Crippen molar-refractivity contribution in [3.63, 3.8) is 0 Å². The largest absolute Gasteiger partial charge is 0.318 e. The van der Waals surface area contributed by atoms with Crippen LogP contribution in [0.15, 0.2) is 24.3 Å². The number of carbonyl (C=O) groups is 1. The molecule has 2 heterocycles. The molecule has 0 aliphatic carbocycles. The maximum atomic E-state index is 12.2. The average Bonchev–Trinajstić information content (AvgIpc) is 3.05. The highest BCUT2D eigenvalue weighted by atomic mass is 35.5. The Kier molecular flexibility index (Phi) is 6.14. The van der Waals surface area contributed by atoms with Crippen LogP contribution in [0.1, 0.15) is 12.8 Å². The fourth-order valence-electron chi connectivity index (χ4n) is 2.84. The molecule has 1 atom stereocenters. The molecular formula is C15H21ClN4OS. The van der Waals surface area contributed by atoms with E-state index in [2.05, 4.69) is 20.5 Å². The van der Waals surface area contributed by atoms with E-state index in [4.69, 9.17) is 0 Å². The first kappa shape index (κ1) is 17.1. The number of hydrogen-bond acceptors (Lipinski definition) is 5. The molecule has 0 spiro atoms. The molecule has 3 rings (SSSR count). The van der Waals surface area contributed by atoms with Gasteiger partial charge in [-0.1, -0.05) is 23.5 Å². The highest BCUT2D eigenvalue weighted by molar-refractivity contribution is 7.22. The van der Waals surface area contributed by atoms with Gasteiger partial charge in [0.15, 0.2) is 5.13 Å². The van der Waals surface area contributed by atoms with E-state index in [1.165, 1.54) is 17.8 Å². The summed E-state index contributed by atoms with van der Waals surface area (Å²) in [6.45, 7) is 2.39. The number of nitrogens with one attached hydrogen (secondary N) is 2. The van der Waals surface area contributed by atoms with Gasteiger partial charge in [-0.3, -0.25) is 9.69 Å².